The van der Waals surface area contributed by atoms with Crippen molar-refractivity contribution in [3.05, 3.63) is 18.5 Å². The normalized spacial score (nSPS) is 18.0. The third kappa shape index (κ3) is 4.04. The molecule has 1 aliphatic rings. The van der Waals surface area contributed by atoms with Gasteiger partial charge in [0.05, 0.1) is 0 Å². The molecule has 2 heterocycles. The van der Waals surface area contributed by atoms with E-state index < -0.39 is 0 Å². The first kappa shape index (κ1) is 15.5. The number of piperazine rings is 1. The second-order valence-corrected chi connectivity index (χ2v) is 6.00. The van der Waals surface area contributed by atoms with Crippen LogP contribution >= 0.6 is 0 Å². The zero-order valence-electron chi connectivity index (χ0n) is 12.7. The average molecular weight is 292 g/mol. The van der Waals surface area contributed by atoms with Crippen LogP contribution < -0.4 is 10.6 Å². The van der Waals surface area contributed by atoms with Crippen molar-refractivity contribution in [3.8, 4) is 0 Å². The molecule has 7 heteroatoms. The molecule has 3 N–H and O–H groups in total. The van der Waals surface area contributed by atoms with Crippen LogP contribution in [0, 0.1) is 5.41 Å². The Hall–Kier alpha value is -1.89. The van der Waals surface area contributed by atoms with Gasteiger partial charge in [-0.1, -0.05) is 19.0 Å². The van der Waals surface area contributed by atoms with Gasteiger partial charge in [0.1, 0.15) is 5.84 Å². The minimum atomic E-state index is -0.283. The van der Waals surface area contributed by atoms with Crippen molar-refractivity contribution in [2.24, 2.45) is 16.3 Å². The predicted octanol–water partition coefficient (Wildman–Crippen LogP) is 0.761. The van der Waals surface area contributed by atoms with Crippen molar-refractivity contribution >= 4 is 11.8 Å². The minimum absolute atomic E-state index is 0.283. The molecule has 0 aromatic carbocycles. The average Bonchev–Trinajstić information content (AvgIpc) is 2.53. The predicted molar refractivity (Wildman–Crippen MR) is 82.5 cm³/mol. The van der Waals surface area contributed by atoms with E-state index in [0.29, 0.717) is 5.84 Å². The molecule has 0 radical (unpaired) electrons. The zero-order chi connectivity index (χ0) is 15.3. The summed E-state index contributed by atoms with van der Waals surface area (Å²) in [5.74, 6) is 1.09. The lowest BCUT2D eigenvalue weighted by Gasteiger charge is -2.36. The topological polar surface area (TPSA) is 90.9 Å². The van der Waals surface area contributed by atoms with Gasteiger partial charge in [0, 0.05) is 44.0 Å². The third-order valence-corrected chi connectivity index (χ3v) is 4.06. The number of amidine groups is 1. The fourth-order valence-corrected chi connectivity index (χ4v) is 2.33. The van der Waals surface area contributed by atoms with Gasteiger partial charge in [0.25, 0.3) is 0 Å². The fourth-order valence-electron chi connectivity index (χ4n) is 2.33. The number of nitrogens with zero attached hydrogens (tertiary/aromatic N) is 5. The Bertz CT molecular complexity index is 468. The van der Waals surface area contributed by atoms with Crippen molar-refractivity contribution in [1.82, 2.24) is 14.9 Å². The molecule has 21 heavy (non-hydrogen) atoms. The Morgan fingerprint density at radius 1 is 1.29 bits per heavy atom. The van der Waals surface area contributed by atoms with E-state index >= 15 is 0 Å². The molecule has 0 unspecified atom stereocenters. The van der Waals surface area contributed by atoms with Gasteiger partial charge in [-0.15, -0.1) is 0 Å². The summed E-state index contributed by atoms with van der Waals surface area (Å²) in [5, 5.41) is 11.9. The third-order valence-electron chi connectivity index (χ3n) is 4.06. The standard InChI is InChI=1S/C14H24N6O/c1-14(2,12(15)18-21)4-7-19-8-10-20(11-9-19)13-16-5-3-6-17-13/h3,5-6,21H,4,7-11H2,1-2H3,(H2,15,18). The molecule has 1 aromatic heterocycles. The van der Waals surface area contributed by atoms with E-state index in [1.165, 1.54) is 0 Å². The van der Waals surface area contributed by atoms with Crippen LogP contribution in [0.3, 0.4) is 0 Å². The van der Waals surface area contributed by atoms with E-state index in [1.807, 2.05) is 19.9 Å². The zero-order valence-corrected chi connectivity index (χ0v) is 12.7. The Kier molecular flexibility index (Phi) is 4.95. The van der Waals surface area contributed by atoms with Crippen molar-refractivity contribution in [3.63, 3.8) is 0 Å². The highest BCUT2D eigenvalue weighted by atomic mass is 16.4. The van der Waals surface area contributed by atoms with Crippen LogP contribution in [-0.4, -0.2) is 58.6 Å². The Labute approximate surface area is 125 Å². The van der Waals surface area contributed by atoms with Gasteiger partial charge in [-0.2, -0.15) is 0 Å². The second-order valence-electron chi connectivity index (χ2n) is 6.00. The fraction of sp³-hybridized carbons (Fsp3) is 0.643. The Balaban J connectivity index is 1.80. The van der Waals surface area contributed by atoms with Gasteiger partial charge in [-0.05, 0) is 19.0 Å². The summed E-state index contributed by atoms with van der Waals surface area (Å²) in [5.41, 5.74) is 5.44. The molecule has 1 saturated heterocycles. The lowest BCUT2D eigenvalue weighted by Crippen LogP contribution is -2.48. The monoisotopic (exact) mass is 292 g/mol. The molecule has 1 aromatic rings. The van der Waals surface area contributed by atoms with E-state index in [-0.39, 0.29) is 5.41 Å². The van der Waals surface area contributed by atoms with Gasteiger partial charge < -0.3 is 15.8 Å². The van der Waals surface area contributed by atoms with E-state index in [9.17, 15) is 0 Å². The van der Waals surface area contributed by atoms with Crippen LogP contribution in [0.15, 0.2) is 23.6 Å². The molecule has 0 amide bonds. The van der Waals surface area contributed by atoms with Gasteiger partial charge in [-0.3, -0.25) is 4.90 Å². The van der Waals surface area contributed by atoms with E-state index in [0.717, 1.165) is 45.1 Å². The maximum Gasteiger partial charge on any atom is 0.225 e. The summed E-state index contributed by atoms with van der Waals surface area (Å²) in [6.07, 6.45) is 4.41. The number of hydrogen-bond acceptors (Lipinski definition) is 6. The number of oxime groups is 1. The number of aromatic nitrogens is 2. The van der Waals surface area contributed by atoms with E-state index in [2.05, 4.69) is 24.9 Å². The van der Waals surface area contributed by atoms with Gasteiger partial charge >= 0.3 is 0 Å². The minimum Gasteiger partial charge on any atom is -0.409 e. The van der Waals surface area contributed by atoms with Crippen molar-refractivity contribution in [1.29, 1.82) is 0 Å². The summed E-state index contributed by atoms with van der Waals surface area (Å²) in [4.78, 5) is 13.2. The Morgan fingerprint density at radius 2 is 1.90 bits per heavy atom. The second kappa shape index (κ2) is 6.71. The molecule has 116 valence electrons. The maximum atomic E-state index is 8.80. The summed E-state index contributed by atoms with van der Waals surface area (Å²) in [6, 6.07) is 1.83. The van der Waals surface area contributed by atoms with Gasteiger partial charge in [0.2, 0.25) is 5.95 Å². The SMILES string of the molecule is CC(C)(CCN1CCN(c2ncccn2)CC1)C(N)=NO. The first-order valence-electron chi connectivity index (χ1n) is 7.25. The maximum absolute atomic E-state index is 8.80. The lowest BCUT2D eigenvalue weighted by molar-refractivity contribution is 0.228. The molecule has 0 bridgehead atoms. The van der Waals surface area contributed by atoms with Crippen molar-refractivity contribution < 1.29 is 5.21 Å². The highest BCUT2D eigenvalue weighted by Gasteiger charge is 2.26. The molecule has 7 nitrogen and oxygen atoms in total. The number of rotatable bonds is 5. The molecule has 0 atom stereocenters. The molecule has 1 fully saturated rings. The quantitative estimate of drug-likeness (QED) is 0.360. The van der Waals surface area contributed by atoms with Crippen LogP contribution in [0.4, 0.5) is 5.95 Å². The first-order valence-corrected chi connectivity index (χ1v) is 7.25. The highest BCUT2D eigenvalue weighted by molar-refractivity contribution is 5.85. The van der Waals surface area contributed by atoms with Crippen molar-refractivity contribution in [2.45, 2.75) is 20.3 Å². The van der Waals surface area contributed by atoms with Crippen LogP contribution in [0.2, 0.25) is 0 Å². The highest BCUT2D eigenvalue weighted by Crippen LogP contribution is 2.21. The van der Waals surface area contributed by atoms with Crippen LogP contribution in [-0.2, 0) is 0 Å². The largest absolute Gasteiger partial charge is 0.409 e. The smallest absolute Gasteiger partial charge is 0.225 e. The van der Waals surface area contributed by atoms with Crippen LogP contribution in [0.1, 0.15) is 20.3 Å². The molecular formula is C14H24N6O. The van der Waals surface area contributed by atoms with Gasteiger partial charge in [-0.25, -0.2) is 9.97 Å². The molecular weight excluding hydrogens is 268 g/mol. The Morgan fingerprint density at radius 3 is 2.48 bits per heavy atom. The molecule has 2 rings (SSSR count). The first-order chi connectivity index (χ1) is 10.0. The summed E-state index contributed by atoms with van der Waals surface area (Å²) >= 11 is 0. The van der Waals surface area contributed by atoms with Crippen LogP contribution in [0.5, 0.6) is 0 Å². The van der Waals surface area contributed by atoms with Crippen LogP contribution in [0.25, 0.3) is 0 Å². The molecule has 1 aliphatic heterocycles. The van der Waals surface area contributed by atoms with Gasteiger partial charge in [0.15, 0.2) is 0 Å². The lowest BCUT2D eigenvalue weighted by atomic mass is 9.88. The number of nitrogens with two attached hydrogens (primary N) is 1. The molecule has 0 aliphatic carbocycles. The summed E-state index contributed by atoms with van der Waals surface area (Å²) < 4.78 is 0. The molecule has 0 saturated carbocycles. The van der Waals surface area contributed by atoms with Crippen molar-refractivity contribution in [2.75, 3.05) is 37.6 Å². The molecule has 0 spiro atoms. The van der Waals surface area contributed by atoms with E-state index in [1.54, 1.807) is 12.4 Å². The number of hydrogen-bond donors (Lipinski definition) is 2. The number of anilines is 1. The summed E-state index contributed by atoms with van der Waals surface area (Å²) in [7, 11) is 0. The summed E-state index contributed by atoms with van der Waals surface area (Å²) in [6.45, 7) is 8.73. The van der Waals surface area contributed by atoms with E-state index in [4.69, 9.17) is 10.9 Å².